The van der Waals surface area contributed by atoms with Gasteiger partial charge in [-0.3, -0.25) is 0 Å². The summed E-state index contributed by atoms with van der Waals surface area (Å²) in [7, 11) is 0. The van der Waals surface area contributed by atoms with Crippen molar-refractivity contribution in [3.63, 3.8) is 0 Å². The predicted octanol–water partition coefficient (Wildman–Crippen LogP) is 0.806. The van der Waals surface area contributed by atoms with Gasteiger partial charge in [0.2, 0.25) is 0 Å². The molecule has 0 bridgehead atoms. The summed E-state index contributed by atoms with van der Waals surface area (Å²) in [5, 5.41) is 0. The maximum Gasteiger partial charge on any atom is 0.0714 e. The average Bonchev–Trinajstić information content (AvgIpc) is 1.65. The van der Waals surface area contributed by atoms with Crippen LogP contribution in [-0.4, -0.2) is 0 Å². The van der Waals surface area contributed by atoms with Gasteiger partial charge in [0.05, 0.1) is 4.11 Å². The molecule has 0 heteroatoms. The molecule has 0 unspecified atom stereocenters. The third kappa shape index (κ3) is 1.30. The molecule has 0 aromatic carbocycles. The van der Waals surface area contributed by atoms with Crippen molar-refractivity contribution in [2.75, 3.05) is 0 Å². The Labute approximate surface area is 30.4 Å². The Balaban J connectivity index is 4.07. The molecule has 0 aromatic rings. The Kier molecular flexibility index (Phi) is 0.357. The van der Waals surface area contributed by atoms with Crippen molar-refractivity contribution in [1.29, 1.82) is 0 Å². The van der Waals surface area contributed by atoms with E-state index in [9.17, 15) is 0 Å². The van der Waals surface area contributed by atoms with Crippen molar-refractivity contribution >= 4 is 0 Å². The number of allylic oxidation sites excluding steroid dienone is 1. The van der Waals surface area contributed by atoms with Crippen molar-refractivity contribution in [1.82, 2.24) is 0 Å². The molecule has 0 nitrogen and oxygen atoms in total. The predicted molar refractivity (Wildman–Crippen MR) is 19.0 cm³/mol. The van der Waals surface area contributed by atoms with Gasteiger partial charge in [-0.15, -0.1) is 6.42 Å². The van der Waals surface area contributed by atoms with Crippen LogP contribution >= 0.6 is 0 Å². The SMILES string of the molecule is [3H]C([3H])=C([3H])C#C. The summed E-state index contributed by atoms with van der Waals surface area (Å²) in [5.74, 6) is 1.84. The second-order valence-electron chi connectivity index (χ2n) is 0.269. The highest BCUT2D eigenvalue weighted by Crippen LogP contribution is 1.41. The quantitative estimate of drug-likeness (QED) is 0.361. The molecular weight excluding hydrogens is 48.0 g/mol. The Morgan fingerprint density at radius 3 is 3.50 bits per heavy atom. The standard InChI is InChI=1S/C4H4/c1-3-4-2/h1,4H,2H2/i2T2,4T. The lowest BCUT2D eigenvalue weighted by Gasteiger charge is -1.38. The minimum atomic E-state index is -0.609. The van der Waals surface area contributed by atoms with Crippen molar-refractivity contribution in [2.45, 2.75) is 0 Å². The molecule has 0 aliphatic rings. The van der Waals surface area contributed by atoms with E-state index in [0.29, 0.717) is 0 Å². The highest BCUT2D eigenvalue weighted by atomic mass is 13.3. The molecular formula is C4H4. The van der Waals surface area contributed by atoms with Crippen molar-refractivity contribution in [3.05, 3.63) is 12.6 Å². The van der Waals surface area contributed by atoms with Crippen LogP contribution in [0.1, 0.15) is 4.11 Å². The Hall–Kier alpha value is -0.700. The van der Waals surface area contributed by atoms with Crippen LogP contribution in [0.5, 0.6) is 0 Å². The van der Waals surface area contributed by atoms with E-state index in [2.05, 4.69) is 6.42 Å². The highest BCUT2D eigenvalue weighted by Gasteiger charge is 1.26. The zero-order valence-electron chi connectivity index (χ0n) is 5.08. The monoisotopic (exact) mass is 58.1 g/mol. The van der Waals surface area contributed by atoms with Gasteiger partial charge < -0.3 is 0 Å². The minimum absolute atomic E-state index is 0.375. The first-order valence-electron chi connectivity index (χ1n) is 2.29. The summed E-state index contributed by atoms with van der Waals surface area (Å²) >= 11 is 0. The van der Waals surface area contributed by atoms with E-state index in [1.807, 2.05) is 5.92 Å². The summed E-state index contributed by atoms with van der Waals surface area (Å²) in [5.41, 5.74) is 0. The maximum absolute atomic E-state index is 6.54. The first-order valence-corrected chi connectivity index (χ1v) is 0.789. The average molecular weight is 58.1 g/mol. The number of hydrogen-bond donors (Lipinski definition) is 0. The van der Waals surface area contributed by atoms with Gasteiger partial charge in [-0.2, -0.15) is 0 Å². The maximum atomic E-state index is 6.54. The van der Waals surface area contributed by atoms with Crippen molar-refractivity contribution in [3.8, 4) is 12.3 Å². The Morgan fingerprint density at radius 1 is 2.75 bits per heavy atom. The number of rotatable bonds is 0. The second-order valence-corrected chi connectivity index (χ2v) is 0.269. The van der Waals surface area contributed by atoms with Gasteiger partial charge in [0, 0.05) is 0 Å². The van der Waals surface area contributed by atoms with Crippen LogP contribution in [0.25, 0.3) is 0 Å². The van der Waals surface area contributed by atoms with Crippen LogP contribution in [0.15, 0.2) is 12.6 Å². The molecule has 0 rings (SSSR count). The van der Waals surface area contributed by atoms with E-state index in [4.69, 9.17) is 4.11 Å². The summed E-state index contributed by atoms with van der Waals surface area (Å²) in [6.45, 7) is -0.609. The highest BCUT2D eigenvalue weighted by molar-refractivity contribution is 5.03. The van der Waals surface area contributed by atoms with Crippen molar-refractivity contribution < 1.29 is 4.11 Å². The molecule has 0 atom stereocenters. The Bertz CT molecular complexity index is 124. The molecule has 0 aromatic heterocycles. The summed E-state index contributed by atoms with van der Waals surface area (Å²) in [6.07, 6.45) is 4.64. The minimum Gasteiger partial charge on any atom is -0.115 e. The van der Waals surface area contributed by atoms with E-state index in [0.717, 1.165) is 0 Å². The molecule has 0 aliphatic carbocycles. The first kappa shape index (κ1) is 0.621. The van der Waals surface area contributed by atoms with Crippen LogP contribution < -0.4 is 0 Å². The van der Waals surface area contributed by atoms with Gasteiger partial charge in [0.1, 0.15) is 0 Å². The lowest BCUT2D eigenvalue weighted by atomic mass is 10.7. The molecule has 0 heterocycles. The van der Waals surface area contributed by atoms with Gasteiger partial charge in [0.25, 0.3) is 0 Å². The van der Waals surface area contributed by atoms with E-state index < -0.39 is 6.53 Å². The zero-order chi connectivity index (χ0) is 5.86. The first-order chi connectivity index (χ1) is 3.18. The molecule has 0 amide bonds. The normalized spacial score (nSPS) is 13.2. The van der Waals surface area contributed by atoms with Gasteiger partial charge in [-0.25, -0.2) is 0 Å². The molecule has 0 N–H and O–H groups in total. The lowest BCUT2D eigenvalue weighted by molar-refractivity contribution is 2.34. The van der Waals surface area contributed by atoms with E-state index in [-0.39, 0.29) is 6.05 Å². The van der Waals surface area contributed by atoms with Crippen LogP contribution in [0.2, 0.25) is 0 Å². The molecule has 0 saturated heterocycles. The fourth-order valence-corrected chi connectivity index (χ4v) is 0. The van der Waals surface area contributed by atoms with E-state index in [1.165, 1.54) is 0 Å². The molecule has 4 heavy (non-hydrogen) atoms. The third-order valence-corrected chi connectivity index (χ3v) is 0.0722. The molecule has 0 radical (unpaired) electrons. The second kappa shape index (κ2) is 2.30. The van der Waals surface area contributed by atoms with Crippen LogP contribution in [0, 0.1) is 12.3 Å². The van der Waals surface area contributed by atoms with Gasteiger partial charge in [-0.05, 0) is 6.05 Å². The summed E-state index contributed by atoms with van der Waals surface area (Å²) in [4.78, 5) is 0. The lowest BCUT2D eigenvalue weighted by Crippen LogP contribution is -1.24. The van der Waals surface area contributed by atoms with E-state index in [1.54, 1.807) is 0 Å². The van der Waals surface area contributed by atoms with Crippen LogP contribution in [0.4, 0.5) is 0 Å². The fraction of sp³-hybridized carbons (Fsp3) is 0. The van der Waals surface area contributed by atoms with Gasteiger partial charge >= 0.3 is 0 Å². The van der Waals surface area contributed by atoms with Gasteiger partial charge in [0.15, 0.2) is 0 Å². The number of terminal acetylenes is 1. The fourth-order valence-electron chi connectivity index (χ4n) is 0. The molecule has 0 spiro atoms. The topological polar surface area (TPSA) is 0 Å². The molecule has 20 valence electrons. The summed E-state index contributed by atoms with van der Waals surface area (Å²) < 4.78 is 19.3. The van der Waals surface area contributed by atoms with E-state index >= 15 is 0 Å². The molecule has 0 aliphatic heterocycles. The summed E-state index contributed by atoms with van der Waals surface area (Å²) in [6, 6.07) is -0.375. The molecule has 0 fully saturated rings. The molecule has 0 saturated carbocycles. The Morgan fingerprint density at radius 2 is 3.50 bits per heavy atom. The third-order valence-electron chi connectivity index (χ3n) is 0.0722. The number of hydrogen-bond acceptors (Lipinski definition) is 0. The van der Waals surface area contributed by atoms with Gasteiger partial charge in [-0.1, -0.05) is 12.5 Å². The zero-order valence-corrected chi connectivity index (χ0v) is 2.08. The van der Waals surface area contributed by atoms with Crippen molar-refractivity contribution in [2.24, 2.45) is 0 Å². The van der Waals surface area contributed by atoms with Crippen LogP contribution in [-0.2, 0) is 0 Å². The smallest absolute Gasteiger partial charge is 0.0714 e. The largest absolute Gasteiger partial charge is 0.115 e. The van der Waals surface area contributed by atoms with Crippen LogP contribution in [0.3, 0.4) is 0 Å².